The second-order valence-electron chi connectivity index (χ2n) is 4.46. The smallest absolute Gasteiger partial charge is 0.295 e. The highest BCUT2D eigenvalue weighted by Crippen LogP contribution is 2.13. The number of nitrogens with one attached hydrogen (secondary N) is 1. The first-order valence-corrected chi connectivity index (χ1v) is 6.36. The zero-order valence-electron chi connectivity index (χ0n) is 11.2. The van der Waals surface area contributed by atoms with E-state index >= 15 is 0 Å². The molecular weight excluding hydrogens is 290 g/mol. The van der Waals surface area contributed by atoms with Crippen LogP contribution in [-0.4, -0.2) is 20.7 Å². The van der Waals surface area contributed by atoms with Gasteiger partial charge < -0.3 is 5.32 Å². The van der Waals surface area contributed by atoms with E-state index < -0.39 is 17.5 Å². The van der Waals surface area contributed by atoms with Crippen LogP contribution < -0.4 is 5.32 Å². The van der Waals surface area contributed by atoms with Crippen molar-refractivity contribution in [1.82, 2.24) is 14.8 Å². The summed E-state index contributed by atoms with van der Waals surface area (Å²) in [7, 11) is 0. The Bertz CT molecular complexity index is 797. The van der Waals surface area contributed by atoms with Crippen LogP contribution in [0, 0.1) is 11.6 Å². The number of nitrogens with zero attached hydrogens (tertiary/aromatic N) is 3. The maximum Gasteiger partial charge on any atom is 0.295 e. The van der Waals surface area contributed by atoms with Crippen LogP contribution in [0.25, 0.3) is 5.69 Å². The van der Waals surface area contributed by atoms with Crippen LogP contribution in [0.4, 0.5) is 14.5 Å². The molecule has 0 spiro atoms. The fourth-order valence-electron chi connectivity index (χ4n) is 1.89. The molecule has 110 valence electrons. The lowest BCUT2D eigenvalue weighted by atomic mass is 10.3. The zero-order chi connectivity index (χ0) is 15.5. The van der Waals surface area contributed by atoms with Crippen molar-refractivity contribution in [3.63, 3.8) is 0 Å². The van der Waals surface area contributed by atoms with Crippen molar-refractivity contribution >= 4 is 11.6 Å². The number of rotatable bonds is 3. The number of aromatic nitrogens is 3. The van der Waals surface area contributed by atoms with Gasteiger partial charge in [-0.15, -0.1) is 5.10 Å². The second-order valence-corrected chi connectivity index (χ2v) is 4.46. The molecule has 0 bridgehead atoms. The Morgan fingerprint density at radius 2 is 1.73 bits per heavy atom. The SMILES string of the molecule is O=C(Nc1cc(F)cc(F)c1)c1ncn(-c2ccccc2)n1. The molecule has 3 rings (SSSR count). The van der Waals surface area contributed by atoms with Gasteiger partial charge in [-0.25, -0.2) is 18.4 Å². The Morgan fingerprint density at radius 1 is 1.05 bits per heavy atom. The molecule has 0 saturated carbocycles. The third-order valence-corrected chi connectivity index (χ3v) is 2.84. The van der Waals surface area contributed by atoms with E-state index in [9.17, 15) is 13.6 Å². The highest BCUT2D eigenvalue weighted by atomic mass is 19.1. The molecule has 1 aromatic heterocycles. The summed E-state index contributed by atoms with van der Waals surface area (Å²) in [6.07, 6.45) is 1.39. The van der Waals surface area contributed by atoms with Crippen LogP contribution in [0.3, 0.4) is 0 Å². The van der Waals surface area contributed by atoms with Crippen molar-refractivity contribution in [3.05, 3.63) is 72.3 Å². The average molecular weight is 300 g/mol. The number of carbonyl (C=O) groups is 1. The predicted octanol–water partition coefficient (Wildman–Crippen LogP) is 2.80. The second kappa shape index (κ2) is 5.72. The lowest BCUT2D eigenvalue weighted by Crippen LogP contribution is -2.14. The maximum absolute atomic E-state index is 13.1. The molecule has 7 heteroatoms. The molecule has 1 N–H and O–H groups in total. The van der Waals surface area contributed by atoms with Gasteiger partial charge in [0.25, 0.3) is 5.91 Å². The number of anilines is 1. The summed E-state index contributed by atoms with van der Waals surface area (Å²) >= 11 is 0. The first-order valence-electron chi connectivity index (χ1n) is 6.36. The number of halogens is 2. The molecule has 0 fully saturated rings. The van der Waals surface area contributed by atoms with Crippen molar-refractivity contribution in [1.29, 1.82) is 0 Å². The van der Waals surface area contributed by atoms with Crippen LogP contribution in [0.1, 0.15) is 10.6 Å². The van der Waals surface area contributed by atoms with Crippen LogP contribution in [0.2, 0.25) is 0 Å². The van der Waals surface area contributed by atoms with Gasteiger partial charge in [0.2, 0.25) is 5.82 Å². The number of hydrogen-bond acceptors (Lipinski definition) is 3. The minimum absolute atomic E-state index is 0.00133. The van der Waals surface area contributed by atoms with Gasteiger partial charge in [0.1, 0.15) is 18.0 Å². The predicted molar refractivity (Wildman–Crippen MR) is 75.7 cm³/mol. The Labute approximate surface area is 124 Å². The van der Waals surface area contributed by atoms with E-state index in [0.717, 1.165) is 23.9 Å². The topological polar surface area (TPSA) is 59.8 Å². The van der Waals surface area contributed by atoms with Gasteiger partial charge in [0, 0.05) is 11.8 Å². The monoisotopic (exact) mass is 300 g/mol. The number of carbonyl (C=O) groups excluding carboxylic acids is 1. The lowest BCUT2D eigenvalue weighted by Gasteiger charge is -2.03. The molecule has 0 radical (unpaired) electrons. The minimum Gasteiger partial charge on any atom is -0.319 e. The van der Waals surface area contributed by atoms with E-state index in [2.05, 4.69) is 15.4 Å². The van der Waals surface area contributed by atoms with E-state index in [1.165, 1.54) is 11.0 Å². The lowest BCUT2D eigenvalue weighted by molar-refractivity contribution is 0.101. The van der Waals surface area contributed by atoms with Crippen LogP contribution in [0.5, 0.6) is 0 Å². The maximum atomic E-state index is 13.1. The summed E-state index contributed by atoms with van der Waals surface area (Å²) in [5.41, 5.74) is 0.740. The molecular formula is C15H10F2N4O. The van der Waals surface area contributed by atoms with E-state index in [-0.39, 0.29) is 11.5 Å². The van der Waals surface area contributed by atoms with Crippen LogP contribution in [0.15, 0.2) is 54.9 Å². The van der Waals surface area contributed by atoms with Gasteiger partial charge in [-0.05, 0) is 24.3 Å². The minimum atomic E-state index is -0.780. The zero-order valence-corrected chi connectivity index (χ0v) is 11.2. The molecule has 2 aromatic carbocycles. The van der Waals surface area contributed by atoms with Gasteiger partial charge >= 0.3 is 0 Å². The van der Waals surface area contributed by atoms with E-state index in [4.69, 9.17) is 0 Å². The van der Waals surface area contributed by atoms with Crippen molar-refractivity contribution in [2.45, 2.75) is 0 Å². The highest BCUT2D eigenvalue weighted by molar-refractivity contribution is 6.01. The molecule has 5 nitrogen and oxygen atoms in total. The van der Waals surface area contributed by atoms with Crippen molar-refractivity contribution < 1.29 is 13.6 Å². The normalized spacial score (nSPS) is 10.5. The fourth-order valence-corrected chi connectivity index (χ4v) is 1.89. The summed E-state index contributed by atoms with van der Waals surface area (Å²) in [4.78, 5) is 15.9. The van der Waals surface area contributed by atoms with Gasteiger partial charge in [0.15, 0.2) is 0 Å². The van der Waals surface area contributed by atoms with Crippen molar-refractivity contribution in [2.75, 3.05) is 5.32 Å². The molecule has 0 aliphatic carbocycles. The first-order chi connectivity index (χ1) is 10.6. The first kappa shape index (κ1) is 13.9. The number of amides is 1. The van der Waals surface area contributed by atoms with E-state index in [1.54, 1.807) is 12.1 Å². The summed E-state index contributed by atoms with van der Waals surface area (Å²) in [5, 5.41) is 6.37. The molecule has 0 aliphatic rings. The van der Waals surface area contributed by atoms with Gasteiger partial charge in [0.05, 0.1) is 5.69 Å². The van der Waals surface area contributed by atoms with Gasteiger partial charge in [-0.1, -0.05) is 18.2 Å². The average Bonchev–Trinajstić information content (AvgIpc) is 2.97. The molecule has 3 aromatic rings. The van der Waals surface area contributed by atoms with Crippen molar-refractivity contribution in [2.24, 2.45) is 0 Å². The number of benzene rings is 2. The Hall–Kier alpha value is -3.09. The third-order valence-electron chi connectivity index (χ3n) is 2.84. The number of hydrogen-bond donors (Lipinski definition) is 1. The highest BCUT2D eigenvalue weighted by Gasteiger charge is 2.13. The third kappa shape index (κ3) is 2.98. The van der Waals surface area contributed by atoms with E-state index in [1.807, 2.05) is 18.2 Å². The molecule has 0 saturated heterocycles. The molecule has 0 aliphatic heterocycles. The summed E-state index contributed by atoms with van der Waals surface area (Å²) in [6, 6.07) is 11.9. The molecule has 22 heavy (non-hydrogen) atoms. The Kier molecular flexibility index (Phi) is 3.61. The van der Waals surface area contributed by atoms with Crippen molar-refractivity contribution in [3.8, 4) is 5.69 Å². The van der Waals surface area contributed by atoms with Crippen LogP contribution >= 0.6 is 0 Å². The molecule has 1 amide bonds. The molecule has 0 unspecified atom stereocenters. The summed E-state index contributed by atoms with van der Waals surface area (Å²) in [5.74, 6) is -2.32. The van der Waals surface area contributed by atoms with Gasteiger partial charge in [-0.3, -0.25) is 4.79 Å². The quantitative estimate of drug-likeness (QED) is 0.809. The largest absolute Gasteiger partial charge is 0.319 e. The Morgan fingerprint density at radius 3 is 2.41 bits per heavy atom. The molecule has 1 heterocycles. The summed E-state index contributed by atoms with van der Waals surface area (Å²) in [6.45, 7) is 0. The summed E-state index contributed by atoms with van der Waals surface area (Å²) < 4.78 is 27.6. The number of para-hydroxylation sites is 1. The Balaban J connectivity index is 1.80. The molecule has 0 atom stereocenters. The fraction of sp³-hybridized carbons (Fsp3) is 0. The standard InChI is InChI=1S/C15H10F2N4O/c16-10-6-11(17)8-12(7-10)19-15(22)14-18-9-21(20-14)13-4-2-1-3-5-13/h1-9H,(H,19,22). The van der Waals surface area contributed by atoms with Crippen LogP contribution in [-0.2, 0) is 0 Å². The van der Waals surface area contributed by atoms with Gasteiger partial charge in [-0.2, -0.15) is 0 Å². The van der Waals surface area contributed by atoms with E-state index in [0.29, 0.717) is 0 Å².